The number of ether oxygens (including phenoxy) is 1. The highest BCUT2D eigenvalue weighted by Crippen LogP contribution is 2.15. The molecule has 0 saturated carbocycles. The molecule has 0 aliphatic heterocycles. The van der Waals surface area contributed by atoms with Crippen LogP contribution in [-0.2, 0) is 6.54 Å². The van der Waals surface area contributed by atoms with Crippen molar-refractivity contribution in [3.63, 3.8) is 0 Å². The predicted molar refractivity (Wildman–Crippen MR) is 71.6 cm³/mol. The Hall–Kier alpha value is -1.10. The van der Waals surface area contributed by atoms with Gasteiger partial charge in [-0.05, 0) is 38.5 Å². The van der Waals surface area contributed by atoms with Gasteiger partial charge in [-0.15, -0.1) is 0 Å². The fraction of sp³-hybridized carbons (Fsp3) is 0.571. The third-order valence-corrected chi connectivity index (χ3v) is 2.69. The molecule has 4 heteroatoms. The van der Waals surface area contributed by atoms with Gasteiger partial charge in [-0.3, -0.25) is 0 Å². The van der Waals surface area contributed by atoms with Gasteiger partial charge in [0.15, 0.2) is 0 Å². The molecular weight excluding hydrogens is 230 g/mol. The minimum absolute atomic E-state index is 0.105. The van der Waals surface area contributed by atoms with Crippen LogP contribution in [0.3, 0.4) is 0 Å². The highest BCUT2D eigenvalue weighted by Gasteiger charge is 2.20. The molecule has 102 valence electrons. The summed E-state index contributed by atoms with van der Waals surface area (Å²) in [5, 5.41) is 21.5. The Morgan fingerprint density at radius 1 is 1.28 bits per heavy atom. The standard InChI is InChI=1S/C14H23NO3/c1-11(2)18-13-6-4-5-12(7-13)8-15-14(3,9-16)10-17/h4-7,11,15-17H,8-10H2,1-3H3. The van der Waals surface area contributed by atoms with Crippen LogP contribution < -0.4 is 10.1 Å². The maximum Gasteiger partial charge on any atom is 0.120 e. The molecule has 0 aliphatic carbocycles. The van der Waals surface area contributed by atoms with Crippen molar-refractivity contribution in [2.45, 2.75) is 39.0 Å². The van der Waals surface area contributed by atoms with Gasteiger partial charge >= 0.3 is 0 Å². The molecule has 0 aliphatic rings. The second-order valence-electron chi connectivity index (χ2n) is 5.04. The molecule has 0 fully saturated rings. The van der Waals surface area contributed by atoms with E-state index in [1.165, 1.54) is 0 Å². The van der Waals surface area contributed by atoms with Crippen molar-refractivity contribution >= 4 is 0 Å². The second kappa shape index (κ2) is 6.73. The molecule has 18 heavy (non-hydrogen) atoms. The first-order chi connectivity index (χ1) is 8.49. The lowest BCUT2D eigenvalue weighted by molar-refractivity contribution is 0.103. The Bertz CT molecular complexity index is 362. The van der Waals surface area contributed by atoms with Gasteiger partial charge in [0.1, 0.15) is 5.75 Å². The van der Waals surface area contributed by atoms with Crippen LogP contribution in [0.25, 0.3) is 0 Å². The summed E-state index contributed by atoms with van der Waals surface area (Å²) in [5.41, 5.74) is 0.399. The van der Waals surface area contributed by atoms with Gasteiger partial charge in [0.05, 0.1) is 24.9 Å². The lowest BCUT2D eigenvalue weighted by atomic mass is 10.0. The highest BCUT2D eigenvalue weighted by atomic mass is 16.5. The number of aliphatic hydroxyl groups is 2. The van der Waals surface area contributed by atoms with Crippen LogP contribution in [0.4, 0.5) is 0 Å². The number of rotatable bonds is 7. The Labute approximate surface area is 109 Å². The van der Waals surface area contributed by atoms with E-state index in [1.807, 2.05) is 38.1 Å². The van der Waals surface area contributed by atoms with E-state index in [0.717, 1.165) is 11.3 Å². The zero-order valence-electron chi connectivity index (χ0n) is 11.3. The fourth-order valence-electron chi connectivity index (χ4n) is 1.48. The van der Waals surface area contributed by atoms with Crippen molar-refractivity contribution in [2.75, 3.05) is 13.2 Å². The monoisotopic (exact) mass is 253 g/mol. The molecule has 4 nitrogen and oxygen atoms in total. The molecule has 0 aromatic heterocycles. The average molecular weight is 253 g/mol. The van der Waals surface area contributed by atoms with Crippen LogP contribution in [0, 0.1) is 0 Å². The van der Waals surface area contributed by atoms with Crippen LogP contribution in [-0.4, -0.2) is 35.1 Å². The average Bonchev–Trinajstić information content (AvgIpc) is 2.36. The third kappa shape index (κ3) is 4.64. The minimum Gasteiger partial charge on any atom is -0.491 e. The molecule has 0 bridgehead atoms. The first-order valence-electron chi connectivity index (χ1n) is 6.21. The van der Waals surface area contributed by atoms with Crippen molar-refractivity contribution in [2.24, 2.45) is 0 Å². The van der Waals surface area contributed by atoms with E-state index in [9.17, 15) is 10.2 Å². The molecule has 0 amide bonds. The first kappa shape index (κ1) is 15.0. The van der Waals surface area contributed by atoms with Crippen molar-refractivity contribution in [1.82, 2.24) is 5.32 Å². The molecule has 1 aromatic carbocycles. The Kier molecular flexibility index (Phi) is 5.59. The molecule has 1 rings (SSSR count). The van der Waals surface area contributed by atoms with Crippen LogP contribution in [0.1, 0.15) is 26.3 Å². The van der Waals surface area contributed by atoms with Crippen molar-refractivity contribution in [3.8, 4) is 5.75 Å². The van der Waals surface area contributed by atoms with Crippen LogP contribution in [0.2, 0.25) is 0 Å². The quantitative estimate of drug-likeness (QED) is 0.685. The molecule has 0 heterocycles. The Balaban J connectivity index is 2.62. The molecule has 0 radical (unpaired) electrons. The van der Waals surface area contributed by atoms with E-state index in [4.69, 9.17) is 4.74 Å². The van der Waals surface area contributed by atoms with Gasteiger partial charge in [-0.2, -0.15) is 0 Å². The molecule has 0 spiro atoms. The topological polar surface area (TPSA) is 61.7 Å². The summed E-state index contributed by atoms with van der Waals surface area (Å²) in [6.45, 7) is 6.12. The summed E-state index contributed by atoms with van der Waals surface area (Å²) < 4.78 is 5.61. The van der Waals surface area contributed by atoms with Gasteiger partial charge in [0.25, 0.3) is 0 Å². The Morgan fingerprint density at radius 3 is 2.50 bits per heavy atom. The summed E-state index contributed by atoms with van der Waals surface area (Å²) in [7, 11) is 0. The molecule has 1 aromatic rings. The number of hydrogen-bond acceptors (Lipinski definition) is 4. The lowest BCUT2D eigenvalue weighted by Crippen LogP contribution is -2.48. The predicted octanol–water partition coefficient (Wildman–Crippen LogP) is 1.31. The van der Waals surface area contributed by atoms with Crippen LogP contribution >= 0.6 is 0 Å². The lowest BCUT2D eigenvalue weighted by Gasteiger charge is -2.26. The van der Waals surface area contributed by atoms with E-state index in [2.05, 4.69) is 5.32 Å². The maximum absolute atomic E-state index is 9.19. The second-order valence-corrected chi connectivity index (χ2v) is 5.04. The summed E-state index contributed by atoms with van der Waals surface area (Å²) in [4.78, 5) is 0. The smallest absolute Gasteiger partial charge is 0.120 e. The van der Waals surface area contributed by atoms with Crippen LogP contribution in [0.15, 0.2) is 24.3 Å². The van der Waals surface area contributed by atoms with Crippen LogP contribution in [0.5, 0.6) is 5.75 Å². The van der Waals surface area contributed by atoms with Crippen molar-refractivity contribution in [1.29, 1.82) is 0 Å². The fourth-order valence-corrected chi connectivity index (χ4v) is 1.48. The number of benzene rings is 1. The highest BCUT2D eigenvalue weighted by molar-refractivity contribution is 5.28. The van der Waals surface area contributed by atoms with E-state index in [1.54, 1.807) is 6.92 Å². The zero-order chi connectivity index (χ0) is 13.6. The SMILES string of the molecule is CC(C)Oc1cccc(CNC(C)(CO)CO)c1. The van der Waals surface area contributed by atoms with E-state index in [0.29, 0.717) is 6.54 Å². The summed E-state index contributed by atoms with van der Waals surface area (Å²) >= 11 is 0. The van der Waals surface area contributed by atoms with E-state index in [-0.39, 0.29) is 19.3 Å². The number of hydrogen-bond donors (Lipinski definition) is 3. The van der Waals surface area contributed by atoms with Gasteiger partial charge in [-0.1, -0.05) is 12.1 Å². The summed E-state index contributed by atoms with van der Waals surface area (Å²) in [6, 6.07) is 7.79. The summed E-state index contributed by atoms with van der Waals surface area (Å²) in [6.07, 6.45) is 0.147. The van der Waals surface area contributed by atoms with Gasteiger partial charge in [0.2, 0.25) is 0 Å². The van der Waals surface area contributed by atoms with Gasteiger partial charge in [-0.25, -0.2) is 0 Å². The first-order valence-corrected chi connectivity index (χ1v) is 6.21. The molecule has 0 unspecified atom stereocenters. The molecule has 0 atom stereocenters. The van der Waals surface area contributed by atoms with Gasteiger partial charge < -0.3 is 20.3 Å². The van der Waals surface area contributed by atoms with Gasteiger partial charge in [0, 0.05) is 6.54 Å². The third-order valence-electron chi connectivity index (χ3n) is 2.69. The van der Waals surface area contributed by atoms with Crippen molar-refractivity contribution < 1.29 is 14.9 Å². The largest absolute Gasteiger partial charge is 0.491 e. The number of aliphatic hydroxyl groups excluding tert-OH is 2. The van der Waals surface area contributed by atoms with E-state index < -0.39 is 5.54 Å². The maximum atomic E-state index is 9.19. The summed E-state index contributed by atoms with van der Waals surface area (Å²) in [5.74, 6) is 0.832. The molecule has 0 saturated heterocycles. The molecular formula is C14H23NO3. The van der Waals surface area contributed by atoms with Crippen molar-refractivity contribution in [3.05, 3.63) is 29.8 Å². The zero-order valence-corrected chi connectivity index (χ0v) is 11.3. The minimum atomic E-state index is -0.658. The molecule has 3 N–H and O–H groups in total. The van der Waals surface area contributed by atoms with E-state index >= 15 is 0 Å². The number of nitrogens with one attached hydrogen (secondary N) is 1. The normalized spacial score (nSPS) is 11.9. The Morgan fingerprint density at radius 2 is 1.94 bits per heavy atom.